The molecule has 0 saturated carbocycles. The van der Waals surface area contributed by atoms with E-state index in [2.05, 4.69) is 33.9 Å². The molecule has 1 fully saturated rings. The van der Waals surface area contributed by atoms with Gasteiger partial charge in [0.1, 0.15) is 6.10 Å². The molecule has 4 heteroatoms. The fourth-order valence-corrected chi connectivity index (χ4v) is 2.71. The Morgan fingerprint density at radius 3 is 2.60 bits per heavy atom. The van der Waals surface area contributed by atoms with Gasteiger partial charge in [0.2, 0.25) is 0 Å². The zero-order valence-electron chi connectivity index (χ0n) is 11.4. The molecule has 1 aliphatic heterocycles. The molecule has 1 aliphatic rings. The van der Waals surface area contributed by atoms with Crippen LogP contribution in [0, 0.1) is 0 Å². The highest BCUT2D eigenvalue weighted by Gasteiger charge is 2.42. The van der Waals surface area contributed by atoms with Gasteiger partial charge in [0.05, 0.1) is 14.1 Å². The quantitative estimate of drug-likeness (QED) is 0.761. The predicted octanol–water partition coefficient (Wildman–Crippen LogP) is 2.16. The monoisotopic (exact) mass is 234 g/mol. The topological polar surface area (TPSA) is 38.7 Å². The van der Waals surface area contributed by atoms with Crippen LogP contribution < -0.4 is 0 Å². The van der Waals surface area contributed by atoms with Crippen LogP contribution in [0.15, 0.2) is 0 Å². The first-order valence-corrected chi connectivity index (χ1v) is 8.44. The number of aliphatic hydroxyl groups is 1. The van der Waals surface area contributed by atoms with Gasteiger partial charge in [-0.2, -0.15) is 0 Å². The Labute approximate surface area is 95.3 Å². The number of ether oxygens (including phenoxy) is 1. The second kappa shape index (κ2) is 4.53. The van der Waals surface area contributed by atoms with Crippen LogP contribution in [0.4, 0.5) is 0 Å². The van der Waals surface area contributed by atoms with Crippen molar-refractivity contribution in [1.29, 1.82) is 0 Å². The van der Waals surface area contributed by atoms with Crippen molar-refractivity contribution in [2.24, 2.45) is 0 Å². The zero-order valence-corrected chi connectivity index (χ0v) is 11.4. The summed E-state index contributed by atoms with van der Waals surface area (Å²) in [5, 5.41) is 9.33. The fraction of sp³-hybridized carbons (Fsp3) is 1.00. The zero-order chi connectivity index (χ0) is 12.6. The minimum atomic E-state index is -1.83. The van der Waals surface area contributed by atoms with E-state index in [0.717, 1.165) is 0 Å². The van der Waals surface area contributed by atoms with Crippen LogP contribution in [0.3, 0.4) is 0 Å². The lowest BCUT2D eigenvalue weighted by atomic mass is 10.2. The molecule has 1 heterocycles. The maximum Gasteiger partial charge on any atom is 0.192 e. The summed E-state index contributed by atoms with van der Waals surface area (Å²) < 4.78 is 19.0. The second-order valence-corrected chi connectivity index (χ2v) is 10.4. The standard InChI is InChI=1S/C11H24O3Si/c1-11(2,3)15(4,5)14-9-6-7-13-10(9)8-12/h9-10,12H,6-8H2,1-5H3/t9-,10+/m0/s1/i7T/t7-,9-,10+. The van der Waals surface area contributed by atoms with E-state index < -0.39 is 14.9 Å². The normalized spacial score (nSPS) is 34.3. The molecule has 3 atom stereocenters. The summed E-state index contributed by atoms with van der Waals surface area (Å²) in [5.41, 5.74) is 0. The highest BCUT2D eigenvalue weighted by atomic mass is 28.4. The van der Waals surface area contributed by atoms with Crippen molar-refractivity contribution in [2.45, 2.75) is 57.5 Å². The van der Waals surface area contributed by atoms with Crippen molar-refractivity contribution in [1.82, 2.24) is 0 Å². The summed E-state index contributed by atoms with van der Waals surface area (Å²) in [7, 11) is -1.83. The molecule has 1 N–H and O–H groups in total. The van der Waals surface area contributed by atoms with E-state index in [9.17, 15) is 5.11 Å². The van der Waals surface area contributed by atoms with Gasteiger partial charge in [-0.25, -0.2) is 0 Å². The number of hydrogen-bond acceptors (Lipinski definition) is 3. The Balaban J connectivity index is 2.66. The van der Waals surface area contributed by atoms with E-state index in [1.54, 1.807) is 0 Å². The van der Waals surface area contributed by atoms with E-state index in [-0.39, 0.29) is 23.9 Å². The lowest BCUT2D eigenvalue weighted by molar-refractivity contribution is 0.00840. The van der Waals surface area contributed by atoms with Gasteiger partial charge < -0.3 is 14.3 Å². The van der Waals surface area contributed by atoms with E-state index in [1.807, 2.05) is 0 Å². The van der Waals surface area contributed by atoms with Crippen molar-refractivity contribution in [2.75, 3.05) is 13.2 Å². The summed E-state index contributed by atoms with van der Waals surface area (Å²) in [6.45, 7) is 10.3. The van der Waals surface area contributed by atoms with Crippen molar-refractivity contribution in [3.05, 3.63) is 0 Å². The second-order valence-electron chi connectivity index (χ2n) is 5.68. The lowest BCUT2D eigenvalue weighted by Gasteiger charge is -2.39. The Morgan fingerprint density at radius 2 is 2.13 bits per heavy atom. The van der Waals surface area contributed by atoms with Gasteiger partial charge in [0, 0.05) is 6.58 Å². The van der Waals surface area contributed by atoms with Crippen LogP contribution in [0.5, 0.6) is 0 Å². The molecule has 0 amide bonds. The van der Waals surface area contributed by atoms with E-state index >= 15 is 0 Å². The van der Waals surface area contributed by atoms with Gasteiger partial charge in [-0.05, 0) is 24.6 Å². The molecule has 0 bridgehead atoms. The molecule has 90 valence electrons. The molecule has 0 aromatic heterocycles. The molecule has 0 spiro atoms. The molecule has 1 saturated heterocycles. The SMILES string of the molecule is [3H][C@H]1C[C@H](O[Si](C)(C)C(C)(C)C)[C@@H](CO)O1. The smallest absolute Gasteiger partial charge is 0.192 e. The van der Waals surface area contributed by atoms with E-state index in [1.165, 1.54) is 0 Å². The van der Waals surface area contributed by atoms with Crippen LogP contribution in [0.1, 0.15) is 28.6 Å². The average molecular weight is 234 g/mol. The molecule has 0 aromatic carbocycles. The first-order chi connectivity index (χ1) is 7.17. The van der Waals surface area contributed by atoms with Crippen LogP contribution in [-0.2, 0) is 9.16 Å². The molecule has 3 nitrogen and oxygen atoms in total. The minimum Gasteiger partial charge on any atom is -0.411 e. The van der Waals surface area contributed by atoms with Gasteiger partial charge in [0.25, 0.3) is 0 Å². The number of aliphatic hydroxyl groups excluding tert-OH is 1. The predicted molar refractivity (Wildman–Crippen MR) is 63.5 cm³/mol. The minimum absolute atomic E-state index is 0.0608. The summed E-state index contributed by atoms with van der Waals surface area (Å²) >= 11 is 0. The van der Waals surface area contributed by atoms with Gasteiger partial charge in [0.15, 0.2) is 8.32 Å². The summed E-state index contributed by atoms with van der Waals surface area (Å²) in [6.07, 6.45) is 0.127. The first kappa shape index (κ1) is 11.6. The van der Waals surface area contributed by atoms with Crippen molar-refractivity contribution < 1.29 is 15.6 Å². The lowest BCUT2D eigenvalue weighted by Crippen LogP contribution is -2.46. The van der Waals surface area contributed by atoms with Crippen LogP contribution in [0.2, 0.25) is 18.1 Å². The number of rotatable bonds is 3. The molecule has 0 aromatic rings. The van der Waals surface area contributed by atoms with Gasteiger partial charge in [-0.1, -0.05) is 20.8 Å². The molecular formula is C11H24O3Si. The largest absolute Gasteiger partial charge is 0.411 e. The van der Waals surface area contributed by atoms with Crippen molar-refractivity contribution in [3.63, 3.8) is 0 Å². The summed E-state index contributed by atoms with van der Waals surface area (Å²) in [4.78, 5) is 0. The van der Waals surface area contributed by atoms with Crippen LogP contribution in [0.25, 0.3) is 0 Å². The van der Waals surface area contributed by atoms with Crippen molar-refractivity contribution >= 4 is 8.32 Å². The highest BCUT2D eigenvalue weighted by molar-refractivity contribution is 6.74. The molecule has 0 unspecified atom stereocenters. The van der Waals surface area contributed by atoms with E-state index in [4.69, 9.17) is 10.5 Å². The highest BCUT2D eigenvalue weighted by Crippen LogP contribution is 2.38. The third kappa shape index (κ3) is 3.03. The Kier molecular flexibility index (Phi) is 3.50. The summed E-state index contributed by atoms with van der Waals surface area (Å²) in [5.74, 6) is 0. The Hall–Kier alpha value is 0.0969. The summed E-state index contributed by atoms with van der Waals surface area (Å²) in [6, 6.07) is 0. The molecular weight excluding hydrogens is 208 g/mol. The van der Waals surface area contributed by atoms with Gasteiger partial charge in [-0.15, -0.1) is 0 Å². The molecule has 15 heavy (non-hydrogen) atoms. The Bertz CT molecular complexity index is 240. The third-order valence-electron chi connectivity index (χ3n) is 3.45. The maximum absolute atomic E-state index is 9.18. The first-order valence-electron chi connectivity index (χ1n) is 6.11. The van der Waals surface area contributed by atoms with Crippen molar-refractivity contribution in [3.8, 4) is 0 Å². The third-order valence-corrected chi connectivity index (χ3v) is 7.95. The fourth-order valence-electron chi connectivity index (χ4n) is 1.35. The molecule has 0 aliphatic carbocycles. The van der Waals surface area contributed by atoms with Gasteiger partial charge >= 0.3 is 0 Å². The van der Waals surface area contributed by atoms with Gasteiger partial charge in [-0.3, -0.25) is 0 Å². The van der Waals surface area contributed by atoms with E-state index in [0.29, 0.717) is 6.42 Å². The molecule has 1 rings (SSSR count). The van der Waals surface area contributed by atoms with Crippen LogP contribution >= 0.6 is 0 Å². The number of hydrogen-bond donors (Lipinski definition) is 1. The Morgan fingerprint density at radius 1 is 1.53 bits per heavy atom. The average Bonchev–Trinajstić information content (AvgIpc) is 2.43. The maximum atomic E-state index is 9.18. The van der Waals surface area contributed by atoms with Crippen LogP contribution in [-0.4, -0.2) is 38.8 Å². The molecule has 0 radical (unpaired) electrons.